The number of imidazole rings is 1. The number of rotatable bonds is 12. The average molecular weight is 499 g/mol. The Morgan fingerprint density at radius 2 is 1.65 bits per heavy atom. The Labute approximate surface area is 218 Å². The van der Waals surface area contributed by atoms with Crippen LogP contribution >= 0.6 is 0 Å². The van der Waals surface area contributed by atoms with Gasteiger partial charge in [-0.15, -0.1) is 0 Å². The summed E-state index contributed by atoms with van der Waals surface area (Å²) >= 11 is 0. The Kier molecular flexibility index (Phi) is 8.92. The largest absolute Gasteiger partial charge is 0.497 e. The van der Waals surface area contributed by atoms with Gasteiger partial charge < -0.3 is 19.5 Å². The van der Waals surface area contributed by atoms with Crippen LogP contribution in [0.25, 0.3) is 11.0 Å². The lowest BCUT2D eigenvalue weighted by Gasteiger charge is -2.18. The van der Waals surface area contributed by atoms with E-state index in [1.54, 1.807) is 19.1 Å². The van der Waals surface area contributed by atoms with Crippen LogP contribution in [0.5, 0.6) is 5.75 Å². The second-order valence-electron chi connectivity index (χ2n) is 9.08. The van der Waals surface area contributed by atoms with E-state index in [4.69, 9.17) is 9.72 Å². The number of likely N-dealkylation sites (N-methyl/N-ethyl adjacent to an activating group) is 1. The van der Waals surface area contributed by atoms with Crippen LogP contribution in [0.3, 0.4) is 0 Å². The smallest absolute Gasteiger partial charge is 0.246 e. The number of carbonyl (C=O) groups excluding carboxylic acids is 2. The van der Waals surface area contributed by atoms with Crippen LogP contribution in [0.1, 0.15) is 30.7 Å². The molecule has 0 radical (unpaired) electrons. The van der Waals surface area contributed by atoms with Crippen molar-refractivity contribution in [3.63, 3.8) is 0 Å². The second-order valence-corrected chi connectivity index (χ2v) is 9.08. The minimum absolute atomic E-state index is 0.00942. The Morgan fingerprint density at radius 1 is 0.919 bits per heavy atom. The molecular formula is C30H34N4O3. The number of fused-ring (bicyclic) bond motifs is 1. The molecule has 0 aliphatic heterocycles. The van der Waals surface area contributed by atoms with Gasteiger partial charge in [0.15, 0.2) is 0 Å². The molecule has 0 unspecified atom stereocenters. The molecule has 1 heterocycles. The number of hydrogen-bond donors (Lipinski definition) is 1. The molecule has 2 amide bonds. The molecule has 192 valence electrons. The predicted octanol–water partition coefficient (Wildman–Crippen LogP) is 4.78. The fourth-order valence-corrected chi connectivity index (χ4v) is 4.33. The Balaban J connectivity index is 1.27. The molecule has 7 heteroatoms. The molecule has 0 aliphatic carbocycles. The maximum Gasteiger partial charge on any atom is 0.246 e. The molecule has 4 rings (SSSR count). The number of unbranched alkanes of at least 4 members (excludes halogenated alkanes) is 2. The Hall–Kier alpha value is -4.13. The maximum atomic E-state index is 13.1. The monoisotopic (exact) mass is 498 g/mol. The molecule has 0 saturated heterocycles. The molecule has 3 aromatic carbocycles. The number of benzene rings is 3. The summed E-state index contributed by atoms with van der Waals surface area (Å²) in [5, 5.41) is 3.00. The summed E-state index contributed by atoms with van der Waals surface area (Å²) in [4.78, 5) is 31.8. The molecule has 1 N–H and O–H groups in total. The van der Waals surface area contributed by atoms with E-state index in [0.717, 1.165) is 59.5 Å². The third-order valence-electron chi connectivity index (χ3n) is 6.47. The van der Waals surface area contributed by atoms with Gasteiger partial charge in [-0.3, -0.25) is 9.59 Å². The van der Waals surface area contributed by atoms with E-state index >= 15 is 0 Å². The van der Waals surface area contributed by atoms with Crippen molar-refractivity contribution in [2.45, 2.75) is 38.6 Å². The molecule has 4 aromatic rings. The minimum atomic E-state index is 0.00942. The number of aromatic nitrogens is 2. The Morgan fingerprint density at radius 3 is 2.41 bits per heavy atom. The van der Waals surface area contributed by atoms with Gasteiger partial charge in [0, 0.05) is 25.7 Å². The van der Waals surface area contributed by atoms with Crippen LogP contribution in [0.4, 0.5) is 5.69 Å². The molecule has 0 aliphatic rings. The second kappa shape index (κ2) is 12.7. The van der Waals surface area contributed by atoms with Crippen LogP contribution in [-0.4, -0.2) is 42.1 Å². The van der Waals surface area contributed by atoms with Gasteiger partial charge in [-0.1, -0.05) is 48.9 Å². The molecule has 7 nitrogen and oxygen atoms in total. The fourth-order valence-electron chi connectivity index (χ4n) is 4.33. The number of anilines is 1. The van der Waals surface area contributed by atoms with Gasteiger partial charge in [-0.05, 0) is 54.8 Å². The number of nitrogens with zero attached hydrogens (tertiary/aromatic N) is 3. The summed E-state index contributed by atoms with van der Waals surface area (Å²) < 4.78 is 7.19. The highest BCUT2D eigenvalue weighted by Crippen LogP contribution is 2.19. The zero-order valence-electron chi connectivity index (χ0n) is 21.5. The maximum absolute atomic E-state index is 13.1. The van der Waals surface area contributed by atoms with Crippen LogP contribution in [0.15, 0.2) is 78.9 Å². The average Bonchev–Trinajstić information content (AvgIpc) is 3.28. The minimum Gasteiger partial charge on any atom is -0.497 e. The summed E-state index contributed by atoms with van der Waals surface area (Å²) in [6.45, 7) is 0.883. The highest BCUT2D eigenvalue weighted by Gasteiger charge is 2.17. The number of amides is 2. The lowest BCUT2D eigenvalue weighted by Crippen LogP contribution is -2.30. The molecule has 0 spiro atoms. The highest BCUT2D eigenvalue weighted by molar-refractivity contribution is 5.93. The zero-order chi connectivity index (χ0) is 26.0. The predicted molar refractivity (Wildman–Crippen MR) is 147 cm³/mol. The molecule has 0 bridgehead atoms. The lowest BCUT2D eigenvalue weighted by atomic mass is 10.1. The highest BCUT2D eigenvalue weighted by atomic mass is 16.5. The van der Waals surface area contributed by atoms with E-state index in [0.29, 0.717) is 13.0 Å². The van der Waals surface area contributed by atoms with E-state index in [-0.39, 0.29) is 18.4 Å². The number of aryl methyl sites for hydroxylation is 1. The normalized spacial score (nSPS) is 10.9. The number of hydrogen-bond acceptors (Lipinski definition) is 4. The SMILES string of the molecule is COc1ccc(CC(=O)NCCCCCc2nc3ccccc3n2CC(=O)N(C)c2ccccc2)cc1. The van der Waals surface area contributed by atoms with Crippen molar-refractivity contribution >= 4 is 28.5 Å². The molecule has 37 heavy (non-hydrogen) atoms. The van der Waals surface area contributed by atoms with E-state index in [2.05, 4.69) is 5.32 Å². The third-order valence-corrected chi connectivity index (χ3v) is 6.47. The van der Waals surface area contributed by atoms with Crippen molar-refractivity contribution in [2.75, 3.05) is 25.6 Å². The molecule has 0 atom stereocenters. The van der Waals surface area contributed by atoms with E-state index in [1.807, 2.05) is 83.4 Å². The molecule has 1 aromatic heterocycles. The van der Waals surface area contributed by atoms with E-state index in [1.165, 1.54) is 0 Å². The summed E-state index contributed by atoms with van der Waals surface area (Å²) in [7, 11) is 3.43. The summed E-state index contributed by atoms with van der Waals surface area (Å²) in [5.41, 5.74) is 3.70. The van der Waals surface area contributed by atoms with Gasteiger partial charge in [0.25, 0.3) is 0 Å². The number of carbonyl (C=O) groups is 2. The quantitative estimate of drug-likeness (QED) is 0.285. The van der Waals surface area contributed by atoms with Gasteiger partial charge in [-0.25, -0.2) is 4.98 Å². The lowest BCUT2D eigenvalue weighted by molar-refractivity contribution is -0.120. The van der Waals surface area contributed by atoms with E-state index < -0.39 is 0 Å². The van der Waals surface area contributed by atoms with Crippen molar-refractivity contribution in [1.82, 2.24) is 14.9 Å². The van der Waals surface area contributed by atoms with Gasteiger partial charge in [-0.2, -0.15) is 0 Å². The van der Waals surface area contributed by atoms with Gasteiger partial charge in [0.1, 0.15) is 18.1 Å². The molecular weight excluding hydrogens is 464 g/mol. The van der Waals surface area contributed by atoms with Gasteiger partial charge >= 0.3 is 0 Å². The standard InChI is InChI=1S/C30H34N4O3/c1-33(24-11-5-3-6-12-24)30(36)22-34-27-14-9-8-13-26(27)32-28(34)15-7-4-10-20-31-29(35)21-23-16-18-25(37-2)19-17-23/h3,5-6,8-9,11-14,16-19H,4,7,10,15,20-22H2,1-2H3,(H,31,35). The molecule has 0 saturated carbocycles. The third kappa shape index (κ3) is 6.97. The van der Waals surface area contributed by atoms with Crippen LogP contribution in [-0.2, 0) is 29.0 Å². The van der Waals surface area contributed by atoms with Crippen molar-refractivity contribution < 1.29 is 14.3 Å². The number of ether oxygens (including phenoxy) is 1. The van der Waals surface area contributed by atoms with Crippen LogP contribution in [0, 0.1) is 0 Å². The van der Waals surface area contributed by atoms with Gasteiger partial charge in [0.05, 0.1) is 24.6 Å². The fraction of sp³-hybridized carbons (Fsp3) is 0.300. The van der Waals surface area contributed by atoms with E-state index in [9.17, 15) is 9.59 Å². The summed E-state index contributed by atoms with van der Waals surface area (Å²) in [6, 6.07) is 25.2. The summed E-state index contributed by atoms with van der Waals surface area (Å²) in [5.74, 6) is 1.73. The number of methoxy groups -OCH3 is 1. The first-order valence-corrected chi connectivity index (χ1v) is 12.7. The van der Waals surface area contributed by atoms with Crippen molar-refractivity contribution in [3.8, 4) is 5.75 Å². The van der Waals surface area contributed by atoms with Crippen LogP contribution < -0.4 is 15.0 Å². The zero-order valence-corrected chi connectivity index (χ0v) is 21.5. The van der Waals surface area contributed by atoms with Crippen molar-refractivity contribution in [2.24, 2.45) is 0 Å². The van der Waals surface area contributed by atoms with Gasteiger partial charge in [0.2, 0.25) is 11.8 Å². The topological polar surface area (TPSA) is 76.5 Å². The first kappa shape index (κ1) is 25.9. The number of para-hydroxylation sites is 3. The van der Waals surface area contributed by atoms with Crippen LogP contribution in [0.2, 0.25) is 0 Å². The first-order chi connectivity index (χ1) is 18.0. The Bertz CT molecular complexity index is 1320. The summed E-state index contributed by atoms with van der Waals surface area (Å²) in [6.07, 6.45) is 3.92. The van der Waals surface area contributed by atoms with Crippen molar-refractivity contribution in [1.29, 1.82) is 0 Å². The molecule has 0 fully saturated rings. The first-order valence-electron chi connectivity index (χ1n) is 12.7. The van der Waals surface area contributed by atoms with Crippen molar-refractivity contribution in [3.05, 3.63) is 90.3 Å². The number of nitrogens with one attached hydrogen (secondary N) is 1.